The lowest BCUT2D eigenvalue weighted by atomic mass is 9.89. The average Bonchev–Trinajstić information content (AvgIpc) is 3.46. The molecule has 7 nitrogen and oxygen atoms in total. The number of aromatic nitrogens is 2. The van der Waals surface area contributed by atoms with Crippen LogP contribution in [0.15, 0.2) is 52.9 Å². The number of rotatable bonds is 6. The van der Waals surface area contributed by atoms with E-state index in [-0.39, 0.29) is 11.9 Å². The van der Waals surface area contributed by atoms with Crippen molar-refractivity contribution in [2.45, 2.75) is 51.2 Å². The van der Waals surface area contributed by atoms with Gasteiger partial charge in [0.05, 0.1) is 29.2 Å². The Hall–Kier alpha value is -3.63. The van der Waals surface area contributed by atoms with Gasteiger partial charge in [0, 0.05) is 24.0 Å². The van der Waals surface area contributed by atoms with Crippen LogP contribution in [-0.4, -0.2) is 39.4 Å². The summed E-state index contributed by atoms with van der Waals surface area (Å²) in [5.41, 5.74) is 2.86. The lowest BCUT2D eigenvalue weighted by molar-refractivity contribution is 0.0616. The maximum absolute atomic E-state index is 13.3. The molecule has 1 amide bonds. The molecule has 2 atom stereocenters. The molecule has 0 bridgehead atoms. The van der Waals surface area contributed by atoms with Gasteiger partial charge in [0.2, 0.25) is 0 Å². The Labute approximate surface area is 192 Å². The van der Waals surface area contributed by atoms with Gasteiger partial charge in [-0.05, 0) is 62.9 Å². The molecule has 2 heterocycles. The molecule has 7 heteroatoms. The molecule has 1 saturated carbocycles. The van der Waals surface area contributed by atoms with Gasteiger partial charge in [-0.2, -0.15) is 5.26 Å². The first-order chi connectivity index (χ1) is 16.1. The van der Waals surface area contributed by atoms with Crippen molar-refractivity contribution in [3.8, 4) is 6.07 Å². The average molecular weight is 442 g/mol. The molecule has 1 fully saturated rings. The summed E-state index contributed by atoms with van der Waals surface area (Å²) in [5.74, 6) is 1.18. The van der Waals surface area contributed by atoms with Gasteiger partial charge in [0.25, 0.3) is 5.91 Å². The van der Waals surface area contributed by atoms with E-state index in [9.17, 15) is 4.79 Å². The third-order valence-electron chi connectivity index (χ3n) is 6.54. The number of nitrogens with zero attached hydrogens (tertiary/aromatic N) is 3. The van der Waals surface area contributed by atoms with Crippen LogP contribution in [0.1, 0.15) is 54.5 Å². The first-order valence-electron chi connectivity index (χ1n) is 11.6. The fourth-order valence-electron chi connectivity index (χ4n) is 4.89. The Bertz CT molecular complexity index is 1300. The van der Waals surface area contributed by atoms with Crippen LogP contribution in [-0.2, 0) is 6.54 Å². The molecule has 2 unspecified atom stereocenters. The molecule has 2 aromatic heterocycles. The zero-order chi connectivity index (χ0) is 22.8. The largest absolute Gasteiger partial charge is 0.460 e. The smallest absolute Gasteiger partial charge is 0.289 e. The number of hydrogen-bond donors (Lipinski definition) is 2. The number of amides is 1. The lowest BCUT2D eigenvalue weighted by Gasteiger charge is -2.37. The van der Waals surface area contributed by atoms with Gasteiger partial charge in [0.15, 0.2) is 5.82 Å². The van der Waals surface area contributed by atoms with Gasteiger partial charge < -0.3 is 19.6 Å². The third kappa shape index (κ3) is 4.35. The number of para-hydroxylation sites is 1. The number of imidazole rings is 1. The number of fused-ring (bicyclic) bond motifs is 2. The quantitative estimate of drug-likeness (QED) is 0.450. The first-order valence-corrected chi connectivity index (χ1v) is 11.6. The first kappa shape index (κ1) is 21.2. The topological polar surface area (TPSA) is 98.0 Å². The number of hydrogen-bond acceptors (Lipinski definition) is 5. The van der Waals surface area contributed by atoms with E-state index in [1.807, 2.05) is 30.0 Å². The van der Waals surface area contributed by atoms with Crippen molar-refractivity contribution >= 4 is 27.9 Å². The van der Waals surface area contributed by atoms with Crippen molar-refractivity contribution in [3.63, 3.8) is 0 Å². The standard InChI is InChI=1S/C26H27N5O2/c1-2-31(26(32)25-29-22-11-10-17(15-27)12-23(22)30-25)20-8-5-7-19(14-20)28-16-21-13-18-6-3-4-9-24(18)33-21/h3-4,6,9-13,19-20,28H,2,5,7-8,14,16H2,1H3,(H,29,30). The number of benzene rings is 2. The fourth-order valence-corrected chi connectivity index (χ4v) is 4.89. The van der Waals surface area contributed by atoms with E-state index in [0.29, 0.717) is 41.6 Å². The summed E-state index contributed by atoms with van der Waals surface area (Å²) >= 11 is 0. The maximum atomic E-state index is 13.3. The van der Waals surface area contributed by atoms with E-state index < -0.39 is 0 Å². The van der Waals surface area contributed by atoms with Crippen molar-refractivity contribution in [1.82, 2.24) is 20.2 Å². The highest BCUT2D eigenvalue weighted by Crippen LogP contribution is 2.26. The van der Waals surface area contributed by atoms with Crippen molar-refractivity contribution in [2.24, 2.45) is 0 Å². The number of furan rings is 1. The SMILES string of the molecule is CCN(C(=O)c1nc2ccc(C#N)cc2[nH]1)C1CCCC(NCc2cc3ccccc3o2)C1. The second kappa shape index (κ2) is 9.08. The number of nitrogens with one attached hydrogen (secondary N) is 2. The van der Waals surface area contributed by atoms with Gasteiger partial charge in [-0.25, -0.2) is 4.98 Å². The van der Waals surface area contributed by atoms with Gasteiger partial charge in [-0.15, -0.1) is 0 Å². The van der Waals surface area contributed by atoms with Crippen molar-refractivity contribution in [3.05, 3.63) is 65.7 Å². The highest BCUT2D eigenvalue weighted by Gasteiger charge is 2.30. The van der Waals surface area contributed by atoms with E-state index in [4.69, 9.17) is 9.68 Å². The van der Waals surface area contributed by atoms with Crippen LogP contribution in [0, 0.1) is 11.3 Å². The van der Waals surface area contributed by atoms with Crippen LogP contribution in [0.5, 0.6) is 0 Å². The Morgan fingerprint density at radius 3 is 2.97 bits per heavy atom. The van der Waals surface area contributed by atoms with E-state index in [2.05, 4.69) is 33.5 Å². The molecular formula is C26H27N5O2. The summed E-state index contributed by atoms with van der Waals surface area (Å²) in [5, 5.41) is 13.9. The van der Waals surface area contributed by atoms with Crippen molar-refractivity contribution < 1.29 is 9.21 Å². The normalized spacial score (nSPS) is 18.4. The minimum absolute atomic E-state index is 0.0878. The molecule has 0 saturated heterocycles. The Morgan fingerprint density at radius 1 is 1.27 bits per heavy atom. The summed E-state index contributed by atoms with van der Waals surface area (Å²) in [7, 11) is 0. The molecule has 1 aliphatic carbocycles. The summed E-state index contributed by atoms with van der Waals surface area (Å²) in [6.45, 7) is 3.32. The minimum Gasteiger partial charge on any atom is -0.460 e. The summed E-state index contributed by atoms with van der Waals surface area (Å²) in [6.07, 6.45) is 4.04. The van der Waals surface area contributed by atoms with Crippen LogP contribution in [0.3, 0.4) is 0 Å². The molecule has 4 aromatic rings. The van der Waals surface area contributed by atoms with E-state index in [1.165, 1.54) is 0 Å². The summed E-state index contributed by atoms with van der Waals surface area (Å²) < 4.78 is 5.94. The predicted octanol–water partition coefficient (Wildman–Crippen LogP) is 4.74. The third-order valence-corrected chi connectivity index (χ3v) is 6.54. The van der Waals surface area contributed by atoms with Gasteiger partial charge >= 0.3 is 0 Å². The summed E-state index contributed by atoms with van der Waals surface area (Å²) in [6, 6.07) is 18.0. The predicted molar refractivity (Wildman–Crippen MR) is 127 cm³/mol. The minimum atomic E-state index is -0.0878. The Balaban J connectivity index is 1.26. The van der Waals surface area contributed by atoms with E-state index in [1.54, 1.807) is 18.2 Å². The Morgan fingerprint density at radius 2 is 2.15 bits per heavy atom. The number of aromatic amines is 1. The van der Waals surface area contributed by atoms with Crippen LogP contribution in [0.4, 0.5) is 0 Å². The molecule has 33 heavy (non-hydrogen) atoms. The van der Waals surface area contributed by atoms with Gasteiger partial charge in [-0.3, -0.25) is 4.79 Å². The molecule has 0 spiro atoms. The zero-order valence-electron chi connectivity index (χ0n) is 18.7. The van der Waals surface area contributed by atoms with Crippen LogP contribution in [0.25, 0.3) is 22.0 Å². The summed E-state index contributed by atoms with van der Waals surface area (Å²) in [4.78, 5) is 22.8. The highest BCUT2D eigenvalue weighted by molar-refractivity contribution is 5.94. The molecule has 5 rings (SSSR count). The number of carbonyl (C=O) groups excluding carboxylic acids is 1. The van der Waals surface area contributed by atoms with Crippen molar-refractivity contribution in [2.75, 3.05) is 6.54 Å². The highest BCUT2D eigenvalue weighted by atomic mass is 16.3. The maximum Gasteiger partial charge on any atom is 0.289 e. The lowest BCUT2D eigenvalue weighted by Crippen LogP contribution is -2.47. The van der Waals surface area contributed by atoms with Crippen LogP contribution in [0.2, 0.25) is 0 Å². The molecular weight excluding hydrogens is 414 g/mol. The van der Waals surface area contributed by atoms with Crippen LogP contribution >= 0.6 is 0 Å². The molecule has 168 valence electrons. The molecule has 1 aliphatic rings. The molecule has 2 N–H and O–H groups in total. The second-order valence-electron chi connectivity index (χ2n) is 8.67. The van der Waals surface area contributed by atoms with Crippen LogP contribution < -0.4 is 5.32 Å². The molecule has 2 aromatic carbocycles. The molecule has 0 radical (unpaired) electrons. The van der Waals surface area contributed by atoms with Gasteiger partial charge in [0.1, 0.15) is 11.3 Å². The number of nitriles is 1. The van der Waals surface area contributed by atoms with E-state index >= 15 is 0 Å². The second-order valence-corrected chi connectivity index (χ2v) is 8.67. The Kier molecular flexibility index (Phi) is 5.84. The fraction of sp³-hybridized carbons (Fsp3) is 0.346. The monoisotopic (exact) mass is 441 g/mol. The van der Waals surface area contributed by atoms with Crippen molar-refractivity contribution in [1.29, 1.82) is 5.26 Å². The number of carbonyl (C=O) groups is 1. The molecule has 0 aliphatic heterocycles. The van der Waals surface area contributed by atoms with E-state index in [0.717, 1.165) is 42.4 Å². The zero-order valence-corrected chi connectivity index (χ0v) is 18.7. The number of H-pyrrole nitrogens is 1. The van der Waals surface area contributed by atoms with Gasteiger partial charge in [-0.1, -0.05) is 18.2 Å².